The monoisotopic (exact) mass is 319 g/mol. The van der Waals surface area contributed by atoms with Gasteiger partial charge in [-0.15, -0.1) is 0 Å². The molecule has 0 bridgehead atoms. The van der Waals surface area contributed by atoms with Crippen LogP contribution in [0.1, 0.15) is 49.2 Å². The number of carbonyl (C=O) groups excluding carboxylic acids is 1. The van der Waals surface area contributed by atoms with Crippen molar-refractivity contribution in [2.45, 2.75) is 58.0 Å². The molecule has 1 saturated heterocycles. The Kier molecular flexibility index (Phi) is 4.78. The number of furan rings is 1. The van der Waals surface area contributed by atoms with Crippen molar-refractivity contribution in [1.29, 1.82) is 0 Å². The van der Waals surface area contributed by atoms with Gasteiger partial charge in [0.15, 0.2) is 0 Å². The molecule has 0 aromatic carbocycles. The Morgan fingerprint density at radius 1 is 1.48 bits per heavy atom. The van der Waals surface area contributed by atoms with Gasteiger partial charge in [0.2, 0.25) is 5.91 Å². The molecule has 1 amide bonds. The number of amides is 1. The highest BCUT2D eigenvalue weighted by Gasteiger charge is 2.45. The van der Waals surface area contributed by atoms with Crippen molar-refractivity contribution in [2.75, 3.05) is 19.6 Å². The molecule has 5 heteroatoms. The third-order valence-electron chi connectivity index (χ3n) is 5.28. The highest BCUT2D eigenvalue weighted by atomic mass is 16.3. The number of hydrogen-bond acceptors (Lipinski definition) is 4. The third-order valence-corrected chi connectivity index (χ3v) is 5.28. The normalized spacial score (nSPS) is 23.7. The number of nitrogens with one attached hydrogen (secondary N) is 1. The van der Waals surface area contributed by atoms with Crippen LogP contribution < -0.4 is 11.1 Å². The van der Waals surface area contributed by atoms with Crippen LogP contribution in [0.15, 0.2) is 10.5 Å². The molecule has 1 saturated carbocycles. The number of piperidine rings is 1. The van der Waals surface area contributed by atoms with E-state index in [1.807, 2.05) is 6.92 Å². The van der Waals surface area contributed by atoms with E-state index in [9.17, 15) is 4.79 Å². The number of aryl methyl sites for hydroxylation is 2. The summed E-state index contributed by atoms with van der Waals surface area (Å²) in [5.41, 5.74) is 6.58. The second-order valence-electron chi connectivity index (χ2n) is 7.40. The average Bonchev–Trinajstić information content (AvgIpc) is 3.18. The smallest absolute Gasteiger partial charge is 0.240 e. The lowest BCUT2D eigenvalue weighted by atomic mass is 9.94. The van der Waals surface area contributed by atoms with Crippen molar-refractivity contribution in [1.82, 2.24) is 10.2 Å². The van der Waals surface area contributed by atoms with Crippen molar-refractivity contribution in [3.05, 3.63) is 23.2 Å². The molecule has 128 valence electrons. The maximum atomic E-state index is 11.8. The van der Waals surface area contributed by atoms with Crippen molar-refractivity contribution < 1.29 is 9.21 Å². The first-order valence-corrected chi connectivity index (χ1v) is 8.82. The third kappa shape index (κ3) is 4.15. The maximum Gasteiger partial charge on any atom is 0.240 e. The van der Waals surface area contributed by atoms with Crippen LogP contribution in [0.25, 0.3) is 0 Å². The average molecular weight is 319 g/mol. The van der Waals surface area contributed by atoms with E-state index in [4.69, 9.17) is 10.2 Å². The van der Waals surface area contributed by atoms with Crippen molar-refractivity contribution >= 4 is 5.91 Å². The summed E-state index contributed by atoms with van der Waals surface area (Å²) in [4.78, 5) is 14.3. The topological polar surface area (TPSA) is 71.5 Å². The van der Waals surface area contributed by atoms with E-state index < -0.39 is 5.54 Å². The van der Waals surface area contributed by atoms with Crippen molar-refractivity contribution in [3.8, 4) is 0 Å². The van der Waals surface area contributed by atoms with E-state index in [-0.39, 0.29) is 5.91 Å². The molecule has 1 aromatic rings. The zero-order valence-electron chi connectivity index (χ0n) is 14.4. The van der Waals surface area contributed by atoms with Crippen LogP contribution in [-0.4, -0.2) is 36.0 Å². The first-order valence-electron chi connectivity index (χ1n) is 8.82. The van der Waals surface area contributed by atoms with Crippen molar-refractivity contribution in [3.63, 3.8) is 0 Å². The van der Waals surface area contributed by atoms with Crippen LogP contribution in [0.3, 0.4) is 0 Å². The fraction of sp³-hybridized carbons (Fsp3) is 0.722. The minimum atomic E-state index is -0.548. The van der Waals surface area contributed by atoms with E-state index in [1.165, 1.54) is 18.4 Å². The van der Waals surface area contributed by atoms with E-state index in [2.05, 4.69) is 23.2 Å². The van der Waals surface area contributed by atoms with Crippen LogP contribution in [-0.2, 0) is 11.3 Å². The maximum absolute atomic E-state index is 11.8. The number of carbonyl (C=O) groups is 1. The fourth-order valence-electron chi connectivity index (χ4n) is 3.41. The molecule has 23 heavy (non-hydrogen) atoms. The van der Waals surface area contributed by atoms with Gasteiger partial charge >= 0.3 is 0 Å². The minimum absolute atomic E-state index is 0.0340. The summed E-state index contributed by atoms with van der Waals surface area (Å²) >= 11 is 0. The molecular formula is C18H29N3O2. The molecule has 1 atom stereocenters. The Morgan fingerprint density at radius 3 is 2.91 bits per heavy atom. The summed E-state index contributed by atoms with van der Waals surface area (Å²) in [5.74, 6) is 2.76. The first kappa shape index (κ1) is 16.5. The predicted octanol–water partition coefficient (Wildman–Crippen LogP) is 2.11. The van der Waals surface area contributed by atoms with Gasteiger partial charge in [-0.2, -0.15) is 0 Å². The molecule has 2 heterocycles. The van der Waals surface area contributed by atoms with Gasteiger partial charge in [0, 0.05) is 13.1 Å². The van der Waals surface area contributed by atoms with Gasteiger partial charge in [0.25, 0.3) is 0 Å². The van der Waals surface area contributed by atoms with E-state index >= 15 is 0 Å². The zero-order chi connectivity index (χ0) is 16.4. The second-order valence-corrected chi connectivity index (χ2v) is 7.40. The molecule has 3 N–H and O–H groups in total. The van der Waals surface area contributed by atoms with Crippen LogP contribution in [0.5, 0.6) is 0 Å². The van der Waals surface area contributed by atoms with Crippen LogP contribution >= 0.6 is 0 Å². The molecule has 1 aliphatic carbocycles. The molecule has 1 aromatic heterocycles. The summed E-state index contributed by atoms with van der Waals surface area (Å²) in [7, 11) is 0. The fourth-order valence-corrected chi connectivity index (χ4v) is 3.41. The van der Waals surface area contributed by atoms with Gasteiger partial charge in [-0.25, -0.2) is 0 Å². The summed E-state index contributed by atoms with van der Waals surface area (Å²) in [6.07, 6.45) is 5.17. The molecule has 5 nitrogen and oxygen atoms in total. The van der Waals surface area contributed by atoms with Gasteiger partial charge in [-0.3, -0.25) is 9.69 Å². The summed E-state index contributed by atoms with van der Waals surface area (Å²) in [6, 6.07) is 2.15. The highest BCUT2D eigenvalue weighted by molar-refractivity contribution is 5.88. The summed E-state index contributed by atoms with van der Waals surface area (Å²) in [6.45, 7) is 7.97. The lowest BCUT2D eigenvalue weighted by molar-refractivity contribution is -0.123. The van der Waals surface area contributed by atoms with Gasteiger partial charge < -0.3 is 15.5 Å². The lowest BCUT2D eigenvalue weighted by Gasteiger charge is -2.32. The Morgan fingerprint density at radius 2 is 2.26 bits per heavy atom. The minimum Gasteiger partial charge on any atom is -0.465 e. The van der Waals surface area contributed by atoms with Crippen LogP contribution in [0.2, 0.25) is 0 Å². The van der Waals surface area contributed by atoms with Crippen LogP contribution in [0, 0.1) is 19.8 Å². The SMILES string of the molecule is Cc1cc(CN2CCC[C@@H](CCNC(=O)C3(N)CC3)C2)oc1C. The molecule has 1 aliphatic heterocycles. The lowest BCUT2D eigenvalue weighted by Crippen LogP contribution is -2.44. The van der Waals surface area contributed by atoms with E-state index in [0.29, 0.717) is 5.92 Å². The predicted molar refractivity (Wildman–Crippen MR) is 90.0 cm³/mol. The molecule has 2 fully saturated rings. The molecule has 0 spiro atoms. The van der Waals surface area contributed by atoms with Gasteiger partial charge in [-0.05, 0) is 70.0 Å². The molecule has 3 rings (SSSR count). The molecule has 0 radical (unpaired) electrons. The quantitative estimate of drug-likeness (QED) is 0.842. The number of nitrogens with two attached hydrogens (primary N) is 1. The Labute approximate surface area is 138 Å². The number of hydrogen-bond donors (Lipinski definition) is 2. The molecule has 0 unspecified atom stereocenters. The van der Waals surface area contributed by atoms with Gasteiger partial charge in [-0.1, -0.05) is 0 Å². The Hall–Kier alpha value is -1.33. The Balaban J connectivity index is 1.42. The molecular weight excluding hydrogens is 290 g/mol. The largest absolute Gasteiger partial charge is 0.465 e. The number of rotatable bonds is 6. The van der Waals surface area contributed by atoms with Gasteiger partial charge in [0.1, 0.15) is 11.5 Å². The molecule has 2 aliphatic rings. The standard InChI is InChI=1S/C18H29N3O2/c1-13-10-16(23-14(13)2)12-21-9-3-4-15(11-21)5-8-20-17(22)18(19)6-7-18/h10,15H,3-9,11-12,19H2,1-2H3,(H,20,22)/t15-/m0/s1. The summed E-state index contributed by atoms with van der Waals surface area (Å²) in [5, 5.41) is 3.01. The van der Waals surface area contributed by atoms with E-state index in [0.717, 1.165) is 57.0 Å². The zero-order valence-corrected chi connectivity index (χ0v) is 14.4. The van der Waals surface area contributed by atoms with Crippen LogP contribution in [0.4, 0.5) is 0 Å². The summed E-state index contributed by atoms with van der Waals surface area (Å²) < 4.78 is 5.80. The highest BCUT2D eigenvalue weighted by Crippen LogP contribution is 2.32. The first-order chi connectivity index (χ1) is 11.0. The van der Waals surface area contributed by atoms with Crippen molar-refractivity contribution in [2.24, 2.45) is 11.7 Å². The Bertz CT molecular complexity index is 543. The van der Waals surface area contributed by atoms with Gasteiger partial charge in [0.05, 0.1) is 12.1 Å². The second kappa shape index (κ2) is 6.65. The van der Waals surface area contributed by atoms with E-state index in [1.54, 1.807) is 0 Å². The number of likely N-dealkylation sites (tertiary alicyclic amines) is 1. The number of nitrogens with zero attached hydrogens (tertiary/aromatic N) is 1.